The highest BCUT2D eigenvalue weighted by Gasteiger charge is 2.25. The number of hydrogen-bond donors (Lipinski definition) is 1. The van der Waals surface area contributed by atoms with Crippen molar-refractivity contribution >= 4 is 39.2 Å². The lowest BCUT2D eigenvalue weighted by Crippen LogP contribution is -2.32. The summed E-state index contributed by atoms with van der Waals surface area (Å²) < 4.78 is 32.6. The SMILES string of the molecule is C=CCN(c1ccc(Cl)cc1)S(=O)(=O)c1cccc(C(=O)OCC(=O)NCC(C)C)c1. The van der Waals surface area contributed by atoms with Crippen LogP contribution in [0.5, 0.6) is 0 Å². The van der Waals surface area contributed by atoms with Gasteiger partial charge in [-0.05, 0) is 48.4 Å². The molecule has 0 heterocycles. The van der Waals surface area contributed by atoms with Crippen LogP contribution < -0.4 is 9.62 Å². The summed E-state index contributed by atoms with van der Waals surface area (Å²) in [4.78, 5) is 24.0. The summed E-state index contributed by atoms with van der Waals surface area (Å²) in [5, 5.41) is 3.11. The van der Waals surface area contributed by atoms with Gasteiger partial charge in [-0.25, -0.2) is 13.2 Å². The predicted octanol–water partition coefficient (Wildman–Crippen LogP) is 3.65. The second-order valence-corrected chi connectivity index (χ2v) is 9.40. The Kier molecular flexibility index (Phi) is 8.65. The lowest BCUT2D eigenvalue weighted by atomic mass is 10.2. The van der Waals surface area contributed by atoms with Crippen LogP contribution in [-0.2, 0) is 19.6 Å². The largest absolute Gasteiger partial charge is 0.452 e. The fourth-order valence-corrected chi connectivity index (χ4v) is 4.17. The van der Waals surface area contributed by atoms with Crippen LogP contribution in [0.2, 0.25) is 5.02 Å². The highest BCUT2D eigenvalue weighted by Crippen LogP contribution is 2.25. The number of carbonyl (C=O) groups excluding carboxylic acids is 2. The lowest BCUT2D eigenvalue weighted by Gasteiger charge is -2.23. The van der Waals surface area contributed by atoms with E-state index < -0.39 is 28.5 Å². The average Bonchev–Trinajstić information content (AvgIpc) is 2.75. The molecule has 1 amide bonds. The highest BCUT2D eigenvalue weighted by molar-refractivity contribution is 7.92. The van der Waals surface area contributed by atoms with Gasteiger partial charge in [0, 0.05) is 11.6 Å². The number of hydrogen-bond acceptors (Lipinski definition) is 5. The van der Waals surface area contributed by atoms with E-state index >= 15 is 0 Å². The average molecular weight is 465 g/mol. The molecule has 0 saturated heterocycles. The Labute approximate surface area is 187 Å². The monoisotopic (exact) mass is 464 g/mol. The summed E-state index contributed by atoms with van der Waals surface area (Å²) in [5.74, 6) is -0.954. The van der Waals surface area contributed by atoms with Crippen LogP contribution in [0.1, 0.15) is 24.2 Å². The maximum atomic E-state index is 13.2. The van der Waals surface area contributed by atoms with Gasteiger partial charge in [-0.1, -0.05) is 37.6 Å². The first kappa shape index (κ1) is 24.4. The molecule has 0 spiro atoms. The molecule has 166 valence electrons. The summed E-state index contributed by atoms with van der Waals surface area (Å²) in [6.45, 7) is 7.54. The van der Waals surface area contributed by atoms with Crippen molar-refractivity contribution in [2.75, 3.05) is 24.0 Å². The zero-order chi connectivity index (χ0) is 23.0. The number of amides is 1. The van der Waals surface area contributed by atoms with Gasteiger partial charge in [0.1, 0.15) is 0 Å². The van der Waals surface area contributed by atoms with Crippen LogP contribution in [0, 0.1) is 5.92 Å². The summed E-state index contributed by atoms with van der Waals surface area (Å²) in [5.41, 5.74) is 0.423. The zero-order valence-corrected chi connectivity index (χ0v) is 18.9. The lowest BCUT2D eigenvalue weighted by molar-refractivity contribution is -0.124. The standard InChI is InChI=1S/C22H25ClN2O5S/c1-4-12-25(19-10-8-18(23)9-11-19)31(28,29)20-7-5-6-17(13-20)22(27)30-15-21(26)24-14-16(2)3/h4-11,13,16H,1,12,14-15H2,2-3H3,(H,24,26). The van der Waals surface area contributed by atoms with Gasteiger partial charge in [0.25, 0.3) is 15.9 Å². The molecule has 0 atom stereocenters. The van der Waals surface area contributed by atoms with E-state index in [0.29, 0.717) is 17.3 Å². The van der Waals surface area contributed by atoms with E-state index in [1.807, 2.05) is 13.8 Å². The van der Waals surface area contributed by atoms with Crippen LogP contribution in [0.15, 0.2) is 66.1 Å². The number of nitrogens with one attached hydrogen (secondary N) is 1. The Hall–Kier alpha value is -2.84. The van der Waals surface area contributed by atoms with Gasteiger partial charge >= 0.3 is 5.97 Å². The highest BCUT2D eigenvalue weighted by atomic mass is 35.5. The Balaban J connectivity index is 2.21. The van der Waals surface area contributed by atoms with Crippen molar-refractivity contribution in [3.63, 3.8) is 0 Å². The van der Waals surface area contributed by atoms with Gasteiger partial charge < -0.3 is 10.1 Å². The minimum absolute atomic E-state index is 0.0207. The van der Waals surface area contributed by atoms with E-state index in [0.717, 1.165) is 4.31 Å². The van der Waals surface area contributed by atoms with Crippen molar-refractivity contribution < 1.29 is 22.7 Å². The number of nitrogens with zero attached hydrogens (tertiary/aromatic N) is 1. The third-order valence-corrected chi connectivity index (χ3v) is 6.15. The summed E-state index contributed by atoms with van der Waals surface area (Å²) in [6.07, 6.45) is 1.46. The molecule has 0 bridgehead atoms. The molecule has 31 heavy (non-hydrogen) atoms. The van der Waals surface area contributed by atoms with Crippen molar-refractivity contribution in [2.45, 2.75) is 18.7 Å². The number of sulfonamides is 1. The normalized spacial score (nSPS) is 11.1. The van der Waals surface area contributed by atoms with E-state index in [-0.39, 0.29) is 22.9 Å². The molecule has 7 nitrogen and oxygen atoms in total. The molecule has 0 unspecified atom stereocenters. The van der Waals surface area contributed by atoms with E-state index in [4.69, 9.17) is 16.3 Å². The molecular weight excluding hydrogens is 440 g/mol. The van der Waals surface area contributed by atoms with Crippen LogP contribution in [0.25, 0.3) is 0 Å². The smallest absolute Gasteiger partial charge is 0.338 e. The molecule has 0 radical (unpaired) electrons. The molecule has 2 aromatic rings. The molecule has 9 heteroatoms. The van der Waals surface area contributed by atoms with Gasteiger partial charge in [0.05, 0.1) is 22.7 Å². The second-order valence-electron chi connectivity index (χ2n) is 7.10. The van der Waals surface area contributed by atoms with Crippen LogP contribution in [0.4, 0.5) is 5.69 Å². The van der Waals surface area contributed by atoms with Gasteiger partial charge in [0.2, 0.25) is 0 Å². The quantitative estimate of drug-likeness (QED) is 0.428. The van der Waals surface area contributed by atoms with Crippen LogP contribution in [-0.4, -0.2) is 40.0 Å². The van der Waals surface area contributed by atoms with Gasteiger partial charge in [-0.3, -0.25) is 9.10 Å². The fraction of sp³-hybridized carbons (Fsp3) is 0.273. The maximum Gasteiger partial charge on any atom is 0.338 e. The van der Waals surface area contributed by atoms with Crippen molar-refractivity contribution in [3.05, 3.63) is 71.8 Å². The molecule has 0 aliphatic rings. The Morgan fingerprint density at radius 1 is 1.19 bits per heavy atom. The molecule has 2 rings (SSSR count). The van der Waals surface area contributed by atoms with E-state index in [1.165, 1.54) is 30.3 Å². The van der Waals surface area contributed by atoms with E-state index in [2.05, 4.69) is 11.9 Å². The molecule has 0 fully saturated rings. The molecule has 0 aliphatic carbocycles. The van der Waals surface area contributed by atoms with Crippen molar-refractivity contribution in [1.29, 1.82) is 0 Å². The number of rotatable bonds is 10. The summed E-state index contributed by atoms with van der Waals surface area (Å²) in [6, 6.07) is 11.8. The van der Waals surface area contributed by atoms with Gasteiger partial charge in [-0.2, -0.15) is 0 Å². The van der Waals surface area contributed by atoms with Crippen molar-refractivity contribution in [3.8, 4) is 0 Å². The second kappa shape index (κ2) is 11.0. The molecule has 0 aliphatic heterocycles. The summed E-state index contributed by atoms with van der Waals surface area (Å²) in [7, 11) is -4.00. The topological polar surface area (TPSA) is 92.8 Å². The first-order valence-electron chi connectivity index (χ1n) is 9.58. The molecule has 0 saturated carbocycles. The molecule has 1 N–H and O–H groups in total. The molecule has 0 aromatic heterocycles. The fourth-order valence-electron chi connectivity index (χ4n) is 2.56. The minimum atomic E-state index is -4.00. The third-order valence-electron chi connectivity index (χ3n) is 4.11. The van der Waals surface area contributed by atoms with E-state index in [1.54, 1.807) is 24.3 Å². The van der Waals surface area contributed by atoms with Crippen LogP contribution >= 0.6 is 11.6 Å². The first-order valence-corrected chi connectivity index (χ1v) is 11.4. The number of ether oxygens (including phenoxy) is 1. The zero-order valence-electron chi connectivity index (χ0n) is 17.4. The number of halogens is 1. The Morgan fingerprint density at radius 2 is 1.87 bits per heavy atom. The van der Waals surface area contributed by atoms with Crippen molar-refractivity contribution in [2.24, 2.45) is 5.92 Å². The van der Waals surface area contributed by atoms with Gasteiger partial charge in [0.15, 0.2) is 6.61 Å². The Morgan fingerprint density at radius 3 is 2.48 bits per heavy atom. The Bertz CT molecular complexity index is 1040. The van der Waals surface area contributed by atoms with Crippen molar-refractivity contribution in [1.82, 2.24) is 5.32 Å². The van der Waals surface area contributed by atoms with Crippen LogP contribution in [0.3, 0.4) is 0 Å². The maximum absolute atomic E-state index is 13.2. The summed E-state index contributed by atoms with van der Waals surface area (Å²) >= 11 is 5.90. The predicted molar refractivity (Wildman–Crippen MR) is 121 cm³/mol. The molecular formula is C22H25ClN2O5S. The molecule has 2 aromatic carbocycles. The first-order chi connectivity index (χ1) is 14.6. The number of carbonyl (C=O) groups is 2. The number of benzene rings is 2. The number of anilines is 1. The van der Waals surface area contributed by atoms with Gasteiger partial charge in [-0.15, -0.1) is 6.58 Å². The van der Waals surface area contributed by atoms with E-state index in [9.17, 15) is 18.0 Å². The minimum Gasteiger partial charge on any atom is -0.452 e. The number of esters is 1. The third kappa shape index (κ3) is 6.83.